The Balaban J connectivity index is 2.70. The summed E-state index contributed by atoms with van der Waals surface area (Å²) in [6.45, 7) is 5.82. The van der Waals surface area contributed by atoms with Gasteiger partial charge in [0.25, 0.3) is 0 Å². The van der Waals surface area contributed by atoms with Crippen LogP contribution < -0.4 is 4.74 Å². The summed E-state index contributed by atoms with van der Waals surface area (Å²) in [6, 6.07) is 7.08. The monoisotopic (exact) mass is 266 g/mol. The first-order valence-electron chi connectivity index (χ1n) is 6.69. The molecule has 1 N–H and O–H groups in total. The van der Waals surface area contributed by atoms with Gasteiger partial charge in [-0.15, -0.1) is 0 Å². The number of carbonyl (C=O) groups excluding carboxylic acids is 1. The summed E-state index contributed by atoms with van der Waals surface area (Å²) in [6.07, 6.45) is 0.388. The van der Waals surface area contributed by atoms with Crippen LogP contribution in [0.4, 0.5) is 0 Å². The number of aliphatic hydroxyl groups excluding tert-OH is 1. The molecule has 0 aromatic heterocycles. The van der Waals surface area contributed by atoms with Crippen LogP contribution in [0.2, 0.25) is 0 Å². The number of hydrogen-bond donors (Lipinski definition) is 1. The number of hydrogen-bond acceptors (Lipinski definition) is 4. The van der Waals surface area contributed by atoms with Crippen LogP contribution in [-0.2, 0) is 9.53 Å². The highest BCUT2D eigenvalue weighted by Crippen LogP contribution is 2.19. The molecule has 1 aromatic carbocycles. The van der Waals surface area contributed by atoms with Gasteiger partial charge in [0, 0.05) is 0 Å². The fraction of sp³-hybridized carbons (Fsp3) is 0.533. The lowest BCUT2D eigenvalue weighted by Crippen LogP contribution is -2.29. The molecule has 19 heavy (non-hydrogen) atoms. The molecule has 0 spiro atoms. The van der Waals surface area contributed by atoms with Crippen molar-refractivity contribution in [1.29, 1.82) is 0 Å². The number of aliphatic hydroxyl groups is 1. The minimum atomic E-state index is -0.567. The SMILES string of the molecule is CCCC(Oc1ccc([C@H](C)O)cc1)C(=O)OCC. The second-order valence-electron chi connectivity index (χ2n) is 4.39. The lowest BCUT2D eigenvalue weighted by atomic mass is 10.1. The van der Waals surface area contributed by atoms with E-state index in [2.05, 4.69) is 0 Å². The molecule has 1 rings (SSSR count). The van der Waals surface area contributed by atoms with Crippen LogP contribution in [0.3, 0.4) is 0 Å². The van der Waals surface area contributed by atoms with Gasteiger partial charge in [0.1, 0.15) is 5.75 Å². The van der Waals surface area contributed by atoms with E-state index in [0.717, 1.165) is 12.0 Å². The summed E-state index contributed by atoms with van der Waals surface area (Å²) in [5.74, 6) is 0.278. The molecular formula is C15H22O4. The molecule has 2 atom stereocenters. The number of rotatable bonds is 7. The van der Waals surface area contributed by atoms with Crippen LogP contribution in [0.15, 0.2) is 24.3 Å². The van der Waals surface area contributed by atoms with Crippen molar-refractivity contribution in [2.75, 3.05) is 6.61 Å². The van der Waals surface area contributed by atoms with Gasteiger partial charge in [-0.1, -0.05) is 25.5 Å². The number of benzene rings is 1. The van der Waals surface area contributed by atoms with Gasteiger partial charge < -0.3 is 14.6 Å². The largest absolute Gasteiger partial charge is 0.479 e. The Morgan fingerprint density at radius 1 is 1.26 bits per heavy atom. The van der Waals surface area contributed by atoms with Gasteiger partial charge in [-0.2, -0.15) is 0 Å². The van der Waals surface area contributed by atoms with E-state index in [4.69, 9.17) is 9.47 Å². The Labute approximate surface area is 114 Å². The molecule has 0 fully saturated rings. The standard InChI is InChI=1S/C15H22O4/c1-4-6-14(15(17)18-5-2)19-13-9-7-12(8-10-13)11(3)16/h7-11,14,16H,4-6H2,1-3H3/t11-,14?/m0/s1. The molecule has 0 heterocycles. The van der Waals surface area contributed by atoms with Crippen LogP contribution in [0.25, 0.3) is 0 Å². The fourth-order valence-electron chi connectivity index (χ4n) is 1.71. The van der Waals surface area contributed by atoms with E-state index in [1.165, 1.54) is 0 Å². The molecule has 0 bridgehead atoms. The molecule has 4 heteroatoms. The van der Waals surface area contributed by atoms with Crippen molar-refractivity contribution in [2.24, 2.45) is 0 Å². The Hall–Kier alpha value is -1.55. The van der Waals surface area contributed by atoms with Crippen LogP contribution in [-0.4, -0.2) is 23.8 Å². The molecular weight excluding hydrogens is 244 g/mol. The van der Waals surface area contributed by atoms with Crippen molar-refractivity contribution in [3.63, 3.8) is 0 Å². The molecule has 0 amide bonds. The molecule has 0 saturated carbocycles. The third kappa shape index (κ3) is 4.91. The van der Waals surface area contributed by atoms with Gasteiger partial charge in [0.05, 0.1) is 12.7 Å². The molecule has 0 saturated heterocycles. The molecule has 1 aromatic rings. The first kappa shape index (κ1) is 15.5. The summed E-state index contributed by atoms with van der Waals surface area (Å²) in [4.78, 5) is 11.7. The second-order valence-corrected chi connectivity index (χ2v) is 4.39. The van der Waals surface area contributed by atoms with E-state index in [9.17, 15) is 9.90 Å². The number of ether oxygens (including phenoxy) is 2. The number of carbonyl (C=O) groups is 1. The predicted molar refractivity (Wildman–Crippen MR) is 73.0 cm³/mol. The van der Waals surface area contributed by atoms with Crippen LogP contribution in [0, 0.1) is 0 Å². The zero-order valence-electron chi connectivity index (χ0n) is 11.8. The van der Waals surface area contributed by atoms with E-state index in [-0.39, 0.29) is 5.97 Å². The van der Waals surface area contributed by atoms with Crippen molar-refractivity contribution in [2.45, 2.75) is 45.8 Å². The van der Waals surface area contributed by atoms with Crippen LogP contribution in [0.5, 0.6) is 5.75 Å². The van der Waals surface area contributed by atoms with Gasteiger partial charge >= 0.3 is 5.97 Å². The van der Waals surface area contributed by atoms with Crippen molar-refractivity contribution in [1.82, 2.24) is 0 Å². The molecule has 0 aliphatic rings. The molecule has 0 radical (unpaired) electrons. The minimum Gasteiger partial charge on any atom is -0.479 e. The lowest BCUT2D eigenvalue weighted by Gasteiger charge is -2.17. The van der Waals surface area contributed by atoms with Gasteiger partial charge in [-0.25, -0.2) is 4.79 Å². The highest BCUT2D eigenvalue weighted by atomic mass is 16.6. The average molecular weight is 266 g/mol. The highest BCUT2D eigenvalue weighted by molar-refractivity contribution is 5.75. The van der Waals surface area contributed by atoms with Crippen LogP contribution >= 0.6 is 0 Å². The molecule has 0 aliphatic heterocycles. The summed E-state index contributed by atoms with van der Waals surface area (Å²) in [5, 5.41) is 9.42. The van der Waals surface area contributed by atoms with Gasteiger partial charge in [-0.3, -0.25) is 0 Å². The third-order valence-corrected chi connectivity index (χ3v) is 2.74. The Morgan fingerprint density at radius 3 is 2.37 bits per heavy atom. The molecule has 0 aliphatic carbocycles. The van der Waals surface area contributed by atoms with E-state index >= 15 is 0 Å². The van der Waals surface area contributed by atoms with Crippen molar-refractivity contribution < 1.29 is 19.4 Å². The van der Waals surface area contributed by atoms with Crippen molar-refractivity contribution >= 4 is 5.97 Å². The quantitative estimate of drug-likeness (QED) is 0.771. The second kappa shape index (κ2) is 7.79. The summed E-state index contributed by atoms with van der Waals surface area (Å²) in [5.41, 5.74) is 0.815. The fourth-order valence-corrected chi connectivity index (χ4v) is 1.71. The van der Waals surface area contributed by atoms with Gasteiger partial charge in [-0.05, 0) is 38.0 Å². The van der Waals surface area contributed by atoms with E-state index in [0.29, 0.717) is 18.8 Å². The van der Waals surface area contributed by atoms with Crippen molar-refractivity contribution in [3.8, 4) is 5.75 Å². The molecule has 106 valence electrons. The zero-order chi connectivity index (χ0) is 14.3. The number of esters is 1. The van der Waals surface area contributed by atoms with Gasteiger partial charge in [0.15, 0.2) is 6.10 Å². The Morgan fingerprint density at radius 2 is 1.89 bits per heavy atom. The summed E-state index contributed by atoms with van der Waals surface area (Å²) < 4.78 is 10.6. The van der Waals surface area contributed by atoms with Crippen LogP contribution in [0.1, 0.15) is 45.3 Å². The predicted octanol–water partition coefficient (Wildman–Crippen LogP) is 2.85. The molecule has 4 nitrogen and oxygen atoms in total. The average Bonchev–Trinajstić information content (AvgIpc) is 2.39. The maximum atomic E-state index is 11.7. The Kier molecular flexibility index (Phi) is 6.36. The van der Waals surface area contributed by atoms with E-state index in [1.807, 2.05) is 6.92 Å². The van der Waals surface area contributed by atoms with Gasteiger partial charge in [0.2, 0.25) is 0 Å². The first-order chi connectivity index (χ1) is 9.08. The smallest absolute Gasteiger partial charge is 0.347 e. The topological polar surface area (TPSA) is 55.8 Å². The highest BCUT2D eigenvalue weighted by Gasteiger charge is 2.20. The first-order valence-corrected chi connectivity index (χ1v) is 6.69. The lowest BCUT2D eigenvalue weighted by molar-refractivity contribution is -0.151. The minimum absolute atomic E-state index is 0.330. The zero-order valence-corrected chi connectivity index (χ0v) is 11.8. The normalized spacial score (nSPS) is 13.7. The maximum absolute atomic E-state index is 11.7. The Bertz CT molecular complexity index is 384. The molecule has 1 unspecified atom stereocenters. The summed E-state index contributed by atoms with van der Waals surface area (Å²) in [7, 11) is 0. The van der Waals surface area contributed by atoms with E-state index in [1.54, 1.807) is 38.1 Å². The maximum Gasteiger partial charge on any atom is 0.347 e. The summed E-state index contributed by atoms with van der Waals surface area (Å²) >= 11 is 0. The van der Waals surface area contributed by atoms with Crippen molar-refractivity contribution in [3.05, 3.63) is 29.8 Å². The van der Waals surface area contributed by atoms with E-state index < -0.39 is 12.2 Å². The third-order valence-electron chi connectivity index (χ3n) is 2.74.